The molecule has 0 spiro atoms. The van der Waals surface area contributed by atoms with Crippen molar-refractivity contribution in [1.29, 1.82) is 0 Å². The van der Waals surface area contributed by atoms with Crippen LogP contribution in [0.1, 0.15) is 116 Å². The summed E-state index contributed by atoms with van der Waals surface area (Å²) in [7, 11) is 0. The molecular weight excluding hydrogens is 472 g/mol. The van der Waals surface area contributed by atoms with Gasteiger partial charge in [0.05, 0.1) is 65.9 Å². The van der Waals surface area contributed by atoms with Gasteiger partial charge in [-0.2, -0.15) is 0 Å². The summed E-state index contributed by atoms with van der Waals surface area (Å²) >= 11 is 0. The van der Waals surface area contributed by atoms with Gasteiger partial charge in [-0.15, -0.1) is 0 Å². The molecule has 0 aliphatic heterocycles. The molecule has 0 fully saturated rings. The van der Waals surface area contributed by atoms with Crippen LogP contribution in [0.2, 0.25) is 0 Å². The van der Waals surface area contributed by atoms with Crippen molar-refractivity contribution in [3.63, 3.8) is 0 Å². The zero-order valence-corrected chi connectivity index (χ0v) is 24.1. The number of unbranched alkanes of at least 4 members (excludes halogenated alkanes) is 15. The lowest BCUT2D eigenvalue weighted by molar-refractivity contribution is -0.122. The fourth-order valence-corrected chi connectivity index (χ4v) is 3.97. The van der Waals surface area contributed by atoms with Gasteiger partial charge in [0.1, 0.15) is 0 Å². The van der Waals surface area contributed by atoms with Crippen LogP contribution >= 0.6 is 0 Å². The number of amides is 1. The zero-order valence-electron chi connectivity index (χ0n) is 24.1. The molecule has 0 saturated carbocycles. The van der Waals surface area contributed by atoms with Crippen LogP contribution < -0.4 is 11.3 Å². The van der Waals surface area contributed by atoms with E-state index in [-0.39, 0.29) is 12.3 Å². The Hall–Kier alpha value is -0.770. The van der Waals surface area contributed by atoms with Gasteiger partial charge in [-0.05, 0) is 6.42 Å². The van der Waals surface area contributed by atoms with Crippen molar-refractivity contribution in [2.75, 3.05) is 66.1 Å². The highest BCUT2D eigenvalue weighted by Crippen LogP contribution is 2.13. The molecule has 3 N–H and O–H groups in total. The normalized spacial score (nSPS) is 11.3. The number of carbonyl (C=O) groups excluding carboxylic acids is 1. The topological polar surface area (TPSA) is 101 Å². The third-order valence-electron chi connectivity index (χ3n) is 6.26. The minimum absolute atomic E-state index is 0.237. The maximum atomic E-state index is 10.9. The second-order valence-corrected chi connectivity index (χ2v) is 9.68. The van der Waals surface area contributed by atoms with E-state index in [0.29, 0.717) is 59.5 Å². The molecule has 0 aromatic heterocycles. The molecule has 0 aliphatic rings. The van der Waals surface area contributed by atoms with Crippen LogP contribution in [0.25, 0.3) is 0 Å². The predicted molar refractivity (Wildman–Crippen MR) is 151 cm³/mol. The molecule has 0 rings (SSSR count). The number of hydrazine groups is 1. The van der Waals surface area contributed by atoms with Crippen molar-refractivity contribution in [3.05, 3.63) is 0 Å². The van der Waals surface area contributed by atoms with E-state index in [0.717, 1.165) is 13.0 Å². The number of hydrogen-bond acceptors (Lipinski definition) is 7. The first-order chi connectivity index (χ1) is 18.3. The Balaban J connectivity index is 3.03. The summed E-state index contributed by atoms with van der Waals surface area (Å²) in [5.41, 5.74) is 2.05. The van der Waals surface area contributed by atoms with E-state index < -0.39 is 0 Å². The smallest absolute Gasteiger partial charge is 0.236 e. The lowest BCUT2D eigenvalue weighted by Gasteiger charge is -2.08. The van der Waals surface area contributed by atoms with Crippen LogP contribution in [0.4, 0.5) is 0 Å². The molecule has 0 bridgehead atoms. The van der Waals surface area contributed by atoms with E-state index >= 15 is 0 Å². The molecule has 8 nitrogen and oxygen atoms in total. The molecule has 0 heterocycles. The second-order valence-electron chi connectivity index (χ2n) is 9.68. The van der Waals surface area contributed by atoms with Crippen molar-refractivity contribution < 1.29 is 28.5 Å². The van der Waals surface area contributed by atoms with E-state index in [1.54, 1.807) is 0 Å². The second kappa shape index (κ2) is 33.3. The van der Waals surface area contributed by atoms with Gasteiger partial charge in [0.2, 0.25) is 5.91 Å². The van der Waals surface area contributed by atoms with Crippen molar-refractivity contribution in [3.8, 4) is 0 Å². The first kappa shape index (κ1) is 36.2. The third-order valence-corrected chi connectivity index (χ3v) is 6.26. The highest BCUT2D eigenvalue weighted by Gasteiger charge is 1.98. The summed E-state index contributed by atoms with van der Waals surface area (Å²) in [6.07, 6.45) is 22.5. The van der Waals surface area contributed by atoms with E-state index in [2.05, 4.69) is 12.3 Å². The summed E-state index contributed by atoms with van der Waals surface area (Å²) in [5, 5.41) is 0. The van der Waals surface area contributed by atoms with Gasteiger partial charge in [0.25, 0.3) is 0 Å². The maximum Gasteiger partial charge on any atom is 0.236 e. The lowest BCUT2D eigenvalue weighted by Crippen LogP contribution is -2.30. The lowest BCUT2D eigenvalue weighted by atomic mass is 10.0. The van der Waals surface area contributed by atoms with E-state index in [4.69, 9.17) is 29.5 Å². The highest BCUT2D eigenvalue weighted by atomic mass is 16.6. The molecular formula is C29H60N2O6. The van der Waals surface area contributed by atoms with Crippen molar-refractivity contribution in [2.45, 2.75) is 116 Å². The molecule has 0 aromatic carbocycles. The largest absolute Gasteiger partial charge is 0.379 e. The summed E-state index contributed by atoms with van der Waals surface area (Å²) in [6.45, 7) is 7.77. The SMILES string of the molecule is CCCCCCCCCCCCCCCCCCOCCOCCOCCOCCOCCC(=O)NN. The molecule has 0 unspecified atom stereocenters. The van der Waals surface area contributed by atoms with E-state index in [1.165, 1.54) is 96.3 Å². The molecule has 1 amide bonds. The Labute approximate surface area is 228 Å². The van der Waals surface area contributed by atoms with Crippen LogP contribution in [0, 0.1) is 0 Å². The fraction of sp³-hybridized carbons (Fsp3) is 0.966. The minimum Gasteiger partial charge on any atom is -0.379 e. The molecule has 0 aromatic rings. The van der Waals surface area contributed by atoms with Crippen LogP contribution in [-0.4, -0.2) is 72.0 Å². The van der Waals surface area contributed by atoms with Crippen molar-refractivity contribution >= 4 is 5.91 Å². The minimum atomic E-state index is -0.237. The number of carbonyl (C=O) groups is 1. The van der Waals surface area contributed by atoms with Crippen LogP contribution in [0.3, 0.4) is 0 Å². The standard InChI is InChI=1S/C29H60N2O6/c1-2-3-4-5-6-7-8-9-10-11-12-13-14-15-16-17-19-33-21-23-35-25-27-37-28-26-36-24-22-34-20-18-29(32)31-30/h2-28,30H2,1H3,(H,31,32). The summed E-state index contributed by atoms with van der Waals surface area (Å²) in [4.78, 5) is 10.9. The fourth-order valence-electron chi connectivity index (χ4n) is 3.97. The number of rotatable bonds is 32. The first-order valence-electron chi connectivity index (χ1n) is 15.2. The van der Waals surface area contributed by atoms with Crippen LogP contribution in [0.5, 0.6) is 0 Å². The molecule has 0 saturated heterocycles. The number of hydrogen-bond donors (Lipinski definition) is 2. The van der Waals surface area contributed by atoms with Gasteiger partial charge >= 0.3 is 0 Å². The molecule has 37 heavy (non-hydrogen) atoms. The molecule has 222 valence electrons. The Morgan fingerprint density at radius 1 is 0.459 bits per heavy atom. The Morgan fingerprint density at radius 2 is 0.757 bits per heavy atom. The number of nitrogens with one attached hydrogen (secondary N) is 1. The molecule has 8 heteroatoms. The average molecular weight is 533 g/mol. The highest BCUT2D eigenvalue weighted by molar-refractivity contribution is 5.75. The van der Waals surface area contributed by atoms with E-state index in [1.807, 2.05) is 0 Å². The average Bonchev–Trinajstić information content (AvgIpc) is 2.91. The van der Waals surface area contributed by atoms with Gasteiger partial charge in [-0.3, -0.25) is 10.2 Å². The van der Waals surface area contributed by atoms with E-state index in [9.17, 15) is 4.79 Å². The Bertz CT molecular complexity index is 443. The monoisotopic (exact) mass is 532 g/mol. The van der Waals surface area contributed by atoms with Gasteiger partial charge in [0.15, 0.2) is 0 Å². The number of nitrogens with two attached hydrogens (primary N) is 1. The Morgan fingerprint density at radius 3 is 1.11 bits per heavy atom. The van der Waals surface area contributed by atoms with Gasteiger partial charge in [0, 0.05) is 6.61 Å². The van der Waals surface area contributed by atoms with Gasteiger partial charge < -0.3 is 23.7 Å². The van der Waals surface area contributed by atoms with Crippen molar-refractivity contribution in [1.82, 2.24) is 5.43 Å². The Kier molecular flexibility index (Phi) is 32.6. The third kappa shape index (κ3) is 33.2. The quantitative estimate of drug-likeness (QED) is 0.0495. The first-order valence-corrected chi connectivity index (χ1v) is 15.2. The number of ether oxygens (including phenoxy) is 5. The molecule has 0 radical (unpaired) electrons. The summed E-state index contributed by atoms with van der Waals surface area (Å²) in [6, 6.07) is 0. The van der Waals surface area contributed by atoms with Crippen LogP contribution in [0.15, 0.2) is 0 Å². The molecule has 0 atom stereocenters. The van der Waals surface area contributed by atoms with Gasteiger partial charge in [-0.25, -0.2) is 5.84 Å². The summed E-state index contributed by atoms with van der Waals surface area (Å²) in [5.74, 6) is 4.74. The van der Waals surface area contributed by atoms with Crippen molar-refractivity contribution in [2.24, 2.45) is 5.84 Å². The van der Waals surface area contributed by atoms with Gasteiger partial charge in [-0.1, -0.05) is 103 Å². The van der Waals surface area contributed by atoms with Crippen LogP contribution in [-0.2, 0) is 28.5 Å². The maximum absolute atomic E-state index is 10.9. The summed E-state index contributed by atoms with van der Waals surface area (Å²) < 4.78 is 27.2. The zero-order chi connectivity index (χ0) is 26.9. The molecule has 0 aliphatic carbocycles. The predicted octanol–water partition coefficient (Wildman–Crippen LogP) is 5.71.